The molecule has 0 unspecified atom stereocenters. The van der Waals surface area contributed by atoms with Gasteiger partial charge in [-0.25, -0.2) is 4.79 Å². The van der Waals surface area contributed by atoms with Gasteiger partial charge in [0, 0.05) is 16.1 Å². The predicted molar refractivity (Wildman–Crippen MR) is 171 cm³/mol. The van der Waals surface area contributed by atoms with E-state index in [2.05, 4.69) is 20.8 Å². The zero-order valence-corrected chi connectivity index (χ0v) is 26.8. The quantitative estimate of drug-likeness (QED) is 0.151. The Bertz CT molecular complexity index is 1680. The minimum absolute atomic E-state index is 0.0367. The first-order chi connectivity index (χ1) is 21.3. The number of hydrogen-bond acceptors (Lipinski definition) is 9. The Morgan fingerprint density at radius 3 is 2.52 bits per heavy atom. The first-order valence-corrected chi connectivity index (χ1v) is 16.4. The number of thioether (sulfide) groups is 1. The largest absolute Gasteiger partial charge is 0.494 e. The van der Waals surface area contributed by atoms with Crippen LogP contribution >= 0.6 is 23.1 Å². The van der Waals surface area contributed by atoms with Crippen molar-refractivity contribution >= 4 is 45.9 Å². The second-order valence-corrected chi connectivity index (χ2v) is 12.3. The van der Waals surface area contributed by atoms with Crippen LogP contribution in [0.1, 0.15) is 68.4 Å². The molecule has 44 heavy (non-hydrogen) atoms. The smallest absolute Gasteiger partial charge is 0.341 e. The molecule has 0 aliphatic heterocycles. The number of aryl methyl sites for hydroxylation is 3. The van der Waals surface area contributed by atoms with Crippen molar-refractivity contribution in [1.29, 1.82) is 0 Å². The van der Waals surface area contributed by atoms with E-state index >= 15 is 0 Å². The summed E-state index contributed by atoms with van der Waals surface area (Å²) in [5, 5.41) is 15.6. The van der Waals surface area contributed by atoms with Crippen LogP contribution in [-0.4, -0.2) is 51.5 Å². The number of amides is 2. The summed E-state index contributed by atoms with van der Waals surface area (Å²) in [5.41, 5.74) is 4.93. The summed E-state index contributed by atoms with van der Waals surface area (Å²) in [6.45, 7) is 8.60. The lowest BCUT2D eigenvalue weighted by Crippen LogP contribution is -2.24. The number of hydrogen-bond donors (Lipinski definition) is 2. The van der Waals surface area contributed by atoms with E-state index in [0.29, 0.717) is 33.7 Å². The van der Waals surface area contributed by atoms with Gasteiger partial charge in [-0.05, 0) is 100 Å². The second-order valence-electron chi connectivity index (χ2n) is 10.3. The van der Waals surface area contributed by atoms with E-state index < -0.39 is 5.97 Å². The van der Waals surface area contributed by atoms with Gasteiger partial charge in [0.25, 0.3) is 5.91 Å². The van der Waals surface area contributed by atoms with E-state index in [4.69, 9.17) is 9.47 Å². The standard InChI is InChI=1S/C32H35N5O5S2/c1-5-41-23-14-12-22(13-15-23)37-26(17-33-29(39)21-11-10-19(3)20(4)16-21)35-36-32(37)43-18-27(38)34-30-28(31(40)42-6-2)24-8-7-9-25(24)44-30/h10-16H,5-9,17-18H2,1-4H3,(H,33,39)(H,34,38). The third kappa shape index (κ3) is 6.97. The zero-order chi connectivity index (χ0) is 31.2. The number of esters is 1. The third-order valence-corrected chi connectivity index (χ3v) is 9.40. The molecule has 5 rings (SSSR count). The fourth-order valence-corrected chi connectivity index (χ4v) is 7.04. The molecule has 1 aliphatic carbocycles. The average molecular weight is 634 g/mol. The van der Waals surface area contributed by atoms with Crippen molar-refractivity contribution in [3.8, 4) is 11.4 Å². The number of rotatable bonds is 12. The maximum atomic E-state index is 13.1. The highest BCUT2D eigenvalue weighted by Crippen LogP contribution is 2.39. The van der Waals surface area contributed by atoms with Gasteiger partial charge in [-0.3, -0.25) is 14.2 Å². The van der Waals surface area contributed by atoms with Crippen molar-refractivity contribution in [2.45, 2.75) is 58.7 Å². The van der Waals surface area contributed by atoms with Gasteiger partial charge in [0.1, 0.15) is 10.8 Å². The summed E-state index contributed by atoms with van der Waals surface area (Å²) in [4.78, 5) is 39.9. The molecule has 2 N–H and O–H groups in total. The molecule has 230 valence electrons. The van der Waals surface area contributed by atoms with Gasteiger partial charge in [-0.2, -0.15) is 0 Å². The minimum Gasteiger partial charge on any atom is -0.494 e. The number of nitrogens with zero attached hydrogens (tertiary/aromatic N) is 3. The molecular weight excluding hydrogens is 599 g/mol. The Kier molecular flexibility index (Phi) is 10.0. The van der Waals surface area contributed by atoms with Crippen LogP contribution in [0.4, 0.5) is 5.00 Å². The van der Waals surface area contributed by atoms with E-state index in [9.17, 15) is 14.4 Å². The number of fused-ring (bicyclic) bond motifs is 1. The number of benzene rings is 2. The lowest BCUT2D eigenvalue weighted by molar-refractivity contribution is -0.113. The Hall–Kier alpha value is -4.16. The monoisotopic (exact) mass is 633 g/mol. The fraction of sp³-hybridized carbons (Fsp3) is 0.344. The molecule has 0 bridgehead atoms. The molecule has 12 heteroatoms. The van der Waals surface area contributed by atoms with Crippen molar-refractivity contribution in [1.82, 2.24) is 20.1 Å². The van der Waals surface area contributed by atoms with Crippen LogP contribution in [0.2, 0.25) is 0 Å². The third-order valence-electron chi connectivity index (χ3n) is 7.27. The van der Waals surface area contributed by atoms with Crippen molar-refractivity contribution in [2.75, 3.05) is 24.3 Å². The number of ether oxygens (including phenoxy) is 2. The maximum Gasteiger partial charge on any atom is 0.341 e. The van der Waals surface area contributed by atoms with Gasteiger partial charge in [-0.1, -0.05) is 17.8 Å². The lowest BCUT2D eigenvalue weighted by Gasteiger charge is -2.12. The normalized spacial score (nSPS) is 12.1. The van der Waals surface area contributed by atoms with Crippen molar-refractivity contribution < 1.29 is 23.9 Å². The van der Waals surface area contributed by atoms with E-state index in [1.807, 2.05) is 61.7 Å². The number of carbonyl (C=O) groups excluding carboxylic acids is 3. The number of anilines is 1. The molecule has 1 aliphatic rings. The van der Waals surface area contributed by atoms with Gasteiger partial charge < -0.3 is 20.1 Å². The highest BCUT2D eigenvalue weighted by molar-refractivity contribution is 7.99. The van der Waals surface area contributed by atoms with E-state index in [1.165, 1.54) is 23.1 Å². The highest BCUT2D eigenvalue weighted by Gasteiger charge is 2.28. The molecule has 0 spiro atoms. The maximum absolute atomic E-state index is 13.1. The molecule has 0 fully saturated rings. The topological polar surface area (TPSA) is 124 Å². The van der Waals surface area contributed by atoms with E-state index in [0.717, 1.165) is 52.3 Å². The van der Waals surface area contributed by atoms with Crippen molar-refractivity contribution in [2.24, 2.45) is 0 Å². The number of thiophene rings is 1. The predicted octanol–water partition coefficient (Wildman–Crippen LogP) is 5.67. The lowest BCUT2D eigenvalue weighted by atomic mass is 10.1. The Balaban J connectivity index is 1.33. The highest BCUT2D eigenvalue weighted by atomic mass is 32.2. The molecular formula is C32H35N5O5S2. The van der Waals surface area contributed by atoms with Gasteiger partial charge in [0.05, 0.1) is 31.1 Å². The molecule has 2 heterocycles. The molecule has 2 amide bonds. The molecule has 0 saturated carbocycles. The molecule has 2 aromatic heterocycles. The van der Waals surface area contributed by atoms with Gasteiger partial charge >= 0.3 is 5.97 Å². The van der Waals surface area contributed by atoms with Crippen LogP contribution in [-0.2, 0) is 28.9 Å². The van der Waals surface area contributed by atoms with Crippen LogP contribution in [0.25, 0.3) is 5.69 Å². The Morgan fingerprint density at radius 1 is 1.00 bits per heavy atom. The molecule has 0 radical (unpaired) electrons. The fourth-order valence-electron chi connectivity index (χ4n) is 4.97. The molecule has 0 saturated heterocycles. The summed E-state index contributed by atoms with van der Waals surface area (Å²) in [7, 11) is 0. The van der Waals surface area contributed by atoms with Crippen LogP contribution in [0.5, 0.6) is 5.75 Å². The van der Waals surface area contributed by atoms with Crippen molar-refractivity contribution in [3.63, 3.8) is 0 Å². The average Bonchev–Trinajstić information content (AvgIpc) is 3.71. The van der Waals surface area contributed by atoms with Gasteiger partial charge in [0.2, 0.25) is 5.91 Å². The number of aromatic nitrogens is 3. The van der Waals surface area contributed by atoms with E-state index in [1.54, 1.807) is 13.0 Å². The molecule has 4 aromatic rings. The van der Waals surface area contributed by atoms with Crippen LogP contribution < -0.4 is 15.4 Å². The van der Waals surface area contributed by atoms with Crippen molar-refractivity contribution in [3.05, 3.63) is 81.0 Å². The van der Waals surface area contributed by atoms with Crippen LogP contribution in [0, 0.1) is 13.8 Å². The second kappa shape index (κ2) is 14.1. The molecule has 10 nitrogen and oxygen atoms in total. The summed E-state index contributed by atoms with van der Waals surface area (Å²) >= 11 is 2.66. The Morgan fingerprint density at radius 2 is 1.80 bits per heavy atom. The summed E-state index contributed by atoms with van der Waals surface area (Å²) in [6.07, 6.45) is 2.69. The first kappa shape index (κ1) is 31.3. The first-order valence-electron chi connectivity index (χ1n) is 14.6. The van der Waals surface area contributed by atoms with Crippen LogP contribution in [0.15, 0.2) is 47.6 Å². The van der Waals surface area contributed by atoms with Crippen LogP contribution in [0.3, 0.4) is 0 Å². The zero-order valence-electron chi connectivity index (χ0n) is 25.2. The summed E-state index contributed by atoms with van der Waals surface area (Å²) < 4.78 is 12.7. The molecule has 2 aromatic carbocycles. The number of nitrogens with one attached hydrogen (secondary N) is 2. The number of carbonyl (C=O) groups is 3. The Labute approximate surface area is 264 Å². The van der Waals surface area contributed by atoms with Gasteiger partial charge in [-0.15, -0.1) is 21.5 Å². The minimum atomic E-state index is -0.405. The summed E-state index contributed by atoms with van der Waals surface area (Å²) in [6, 6.07) is 13.0. The summed E-state index contributed by atoms with van der Waals surface area (Å²) in [5.74, 6) is 0.373. The van der Waals surface area contributed by atoms with Gasteiger partial charge in [0.15, 0.2) is 11.0 Å². The molecule has 0 atom stereocenters. The van der Waals surface area contributed by atoms with E-state index in [-0.39, 0.29) is 30.7 Å². The SMILES string of the molecule is CCOC(=O)c1c(NC(=O)CSc2nnc(CNC(=O)c3ccc(C)c(C)c3)n2-c2ccc(OCC)cc2)sc2c1CCC2.